The molecule has 0 amide bonds. The van der Waals surface area contributed by atoms with Gasteiger partial charge in [-0.15, -0.1) is 0 Å². The molecule has 0 aliphatic rings. The van der Waals surface area contributed by atoms with Gasteiger partial charge in [0.05, 0.1) is 19.8 Å². The molecule has 0 aliphatic heterocycles. The molecule has 0 fully saturated rings. The van der Waals surface area contributed by atoms with Crippen LogP contribution in [0.5, 0.6) is 0 Å². The number of rotatable bonds is 54. The average Bonchev–Trinajstić information content (AvgIpc) is 3.28. The van der Waals surface area contributed by atoms with Crippen molar-refractivity contribution >= 4 is 19.8 Å². The number of carbonyl (C=O) groups excluding carboxylic acids is 1. The lowest BCUT2D eigenvalue weighted by atomic mass is 10.0. The molecule has 3 atom stereocenters. The molecular formula is C53H106NO9P. The molecule has 0 heterocycles. The number of carbonyl (C=O) groups is 2. The minimum Gasteiger partial charge on any atom is -0.480 e. The summed E-state index contributed by atoms with van der Waals surface area (Å²) in [7, 11) is -4.61. The molecule has 0 spiro atoms. The summed E-state index contributed by atoms with van der Waals surface area (Å²) in [5.41, 5.74) is 5.37. The van der Waals surface area contributed by atoms with Gasteiger partial charge in [-0.3, -0.25) is 18.6 Å². The summed E-state index contributed by atoms with van der Waals surface area (Å²) < 4.78 is 33.5. The lowest BCUT2D eigenvalue weighted by molar-refractivity contribution is -0.154. The lowest BCUT2D eigenvalue weighted by Gasteiger charge is -2.20. The molecule has 0 bridgehead atoms. The molecule has 11 heteroatoms. The van der Waals surface area contributed by atoms with Crippen LogP contribution in [0.1, 0.15) is 290 Å². The third-order valence-corrected chi connectivity index (χ3v) is 13.6. The summed E-state index contributed by atoms with van der Waals surface area (Å²) >= 11 is 0. The maximum atomic E-state index is 12.7. The van der Waals surface area contributed by atoms with Crippen LogP contribution in [-0.4, -0.2) is 60.5 Å². The lowest BCUT2D eigenvalue weighted by Crippen LogP contribution is -2.34. The first-order valence-corrected chi connectivity index (χ1v) is 29.1. The number of carboxylic acids is 1. The highest BCUT2D eigenvalue weighted by Gasteiger charge is 2.27. The van der Waals surface area contributed by atoms with Gasteiger partial charge in [-0.25, -0.2) is 4.57 Å². The van der Waals surface area contributed by atoms with Crippen LogP contribution in [-0.2, 0) is 32.7 Å². The Morgan fingerprint density at radius 2 is 0.719 bits per heavy atom. The van der Waals surface area contributed by atoms with Crippen molar-refractivity contribution in [3.8, 4) is 0 Å². The first-order valence-electron chi connectivity index (χ1n) is 27.6. The molecule has 0 aromatic carbocycles. The molecule has 10 nitrogen and oxygen atoms in total. The fourth-order valence-corrected chi connectivity index (χ4v) is 9.15. The van der Waals surface area contributed by atoms with Crippen LogP contribution in [0, 0.1) is 0 Å². The largest absolute Gasteiger partial charge is 0.480 e. The van der Waals surface area contributed by atoms with Gasteiger partial charge in [0.25, 0.3) is 0 Å². The third-order valence-electron chi connectivity index (χ3n) is 12.6. The second kappa shape index (κ2) is 49.9. The standard InChI is InChI=1S/C53H106NO9P/c1-3-5-7-9-11-13-15-17-18-19-20-21-22-23-24-25-26-27-28-29-30-31-32-33-34-35-37-39-41-43-45-52(55)63-50(48-61-64(58,59)62-49-51(54)53(56)57)47-60-46-44-42-40-38-36-16-14-12-10-8-6-4-2/h50-51H,3-49,54H2,1-2H3,(H,56,57)(H,58,59)/t50-,51+/m1/s1. The Labute approximate surface area is 395 Å². The number of esters is 1. The van der Waals surface area contributed by atoms with E-state index in [2.05, 4.69) is 13.8 Å². The quantitative estimate of drug-likeness (QED) is 0.0305. The number of nitrogens with two attached hydrogens (primary N) is 1. The van der Waals surface area contributed by atoms with Crippen molar-refractivity contribution in [2.75, 3.05) is 26.4 Å². The smallest absolute Gasteiger partial charge is 0.472 e. The number of hydrogen-bond donors (Lipinski definition) is 3. The van der Waals surface area contributed by atoms with Gasteiger partial charge < -0.3 is 25.2 Å². The number of phosphoric acid groups is 1. The fourth-order valence-electron chi connectivity index (χ4n) is 8.37. The Balaban J connectivity index is 3.88. The zero-order valence-corrected chi connectivity index (χ0v) is 43.1. The van der Waals surface area contributed by atoms with E-state index in [1.54, 1.807) is 0 Å². The van der Waals surface area contributed by atoms with Crippen LogP contribution in [0.4, 0.5) is 0 Å². The van der Waals surface area contributed by atoms with E-state index >= 15 is 0 Å². The first kappa shape index (κ1) is 63.0. The molecule has 0 rings (SSSR count). The number of unbranched alkanes of at least 4 members (excludes halogenated alkanes) is 40. The van der Waals surface area contributed by atoms with Crippen LogP contribution in [0.2, 0.25) is 0 Å². The molecule has 0 aromatic rings. The SMILES string of the molecule is CCCCCCCCCCCCCCCCCCCCCCCCCCCCCCCCC(=O)O[C@H](COCCCCCCCCCCCCCC)COP(=O)(O)OC[C@H](N)C(=O)O. The molecule has 0 radical (unpaired) electrons. The zero-order chi connectivity index (χ0) is 46.9. The van der Waals surface area contributed by atoms with E-state index in [-0.39, 0.29) is 13.0 Å². The van der Waals surface area contributed by atoms with Gasteiger partial charge in [0.15, 0.2) is 0 Å². The van der Waals surface area contributed by atoms with Crippen molar-refractivity contribution in [3.05, 3.63) is 0 Å². The van der Waals surface area contributed by atoms with Gasteiger partial charge in [0.1, 0.15) is 12.1 Å². The highest BCUT2D eigenvalue weighted by Crippen LogP contribution is 2.43. The van der Waals surface area contributed by atoms with E-state index < -0.39 is 45.1 Å². The zero-order valence-electron chi connectivity index (χ0n) is 42.2. The summed E-state index contributed by atoms with van der Waals surface area (Å²) in [5.74, 6) is -1.76. The van der Waals surface area contributed by atoms with E-state index in [0.717, 1.165) is 38.5 Å². The average molecular weight is 932 g/mol. The van der Waals surface area contributed by atoms with Crippen molar-refractivity contribution in [3.63, 3.8) is 0 Å². The van der Waals surface area contributed by atoms with Gasteiger partial charge in [0.2, 0.25) is 0 Å². The van der Waals surface area contributed by atoms with Crippen molar-refractivity contribution in [1.29, 1.82) is 0 Å². The summed E-state index contributed by atoms with van der Waals surface area (Å²) in [5, 5.41) is 8.92. The topological polar surface area (TPSA) is 155 Å². The molecule has 4 N–H and O–H groups in total. The van der Waals surface area contributed by atoms with Crippen molar-refractivity contribution in [1.82, 2.24) is 0 Å². The maximum Gasteiger partial charge on any atom is 0.472 e. The number of phosphoric ester groups is 1. The maximum absolute atomic E-state index is 12.7. The highest BCUT2D eigenvalue weighted by atomic mass is 31.2. The second-order valence-electron chi connectivity index (χ2n) is 19.1. The summed E-state index contributed by atoms with van der Waals surface area (Å²) in [6.07, 6.45) is 54.8. The van der Waals surface area contributed by atoms with E-state index in [9.17, 15) is 19.0 Å². The predicted molar refractivity (Wildman–Crippen MR) is 268 cm³/mol. The number of ether oxygens (including phenoxy) is 2. The van der Waals surface area contributed by atoms with E-state index in [1.807, 2.05) is 0 Å². The van der Waals surface area contributed by atoms with Crippen molar-refractivity contribution in [2.45, 2.75) is 302 Å². The summed E-state index contributed by atoms with van der Waals surface area (Å²) in [4.78, 5) is 33.7. The van der Waals surface area contributed by atoms with E-state index in [4.69, 9.17) is 29.4 Å². The summed E-state index contributed by atoms with van der Waals surface area (Å²) in [6, 6.07) is -1.47. The molecule has 64 heavy (non-hydrogen) atoms. The summed E-state index contributed by atoms with van der Waals surface area (Å²) in [6.45, 7) is 3.95. The minimum atomic E-state index is -4.61. The van der Waals surface area contributed by atoms with Gasteiger partial charge in [-0.2, -0.15) is 0 Å². The Morgan fingerprint density at radius 1 is 0.438 bits per heavy atom. The normalized spacial score (nSPS) is 13.6. The van der Waals surface area contributed by atoms with E-state index in [0.29, 0.717) is 6.61 Å². The number of hydrogen-bond acceptors (Lipinski definition) is 8. The molecule has 1 unspecified atom stereocenters. The fraction of sp³-hybridized carbons (Fsp3) is 0.962. The van der Waals surface area contributed by atoms with Gasteiger partial charge >= 0.3 is 19.8 Å². The molecule has 0 aliphatic carbocycles. The molecule has 0 aromatic heterocycles. The first-order chi connectivity index (χ1) is 31.2. The highest BCUT2D eigenvalue weighted by molar-refractivity contribution is 7.47. The van der Waals surface area contributed by atoms with Crippen LogP contribution < -0.4 is 5.73 Å². The Hall–Kier alpha value is -1.03. The Kier molecular flexibility index (Phi) is 49.1. The minimum absolute atomic E-state index is 0.0258. The van der Waals surface area contributed by atoms with E-state index in [1.165, 1.54) is 231 Å². The van der Waals surface area contributed by atoms with Gasteiger partial charge in [0, 0.05) is 13.0 Å². The van der Waals surface area contributed by atoms with Crippen LogP contribution in [0.15, 0.2) is 0 Å². The molecular weight excluding hydrogens is 826 g/mol. The third kappa shape index (κ3) is 48.9. The molecule has 0 saturated carbocycles. The van der Waals surface area contributed by atoms with Crippen LogP contribution >= 0.6 is 7.82 Å². The van der Waals surface area contributed by atoms with Crippen molar-refractivity contribution in [2.24, 2.45) is 5.73 Å². The predicted octanol–water partition coefficient (Wildman–Crippen LogP) is 16.3. The number of aliphatic carboxylic acids is 1. The Bertz CT molecular complexity index is 1030. The van der Waals surface area contributed by atoms with Crippen LogP contribution in [0.25, 0.3) is 0 Å². The van der Waals surface area contributed by atoms with Gasteiger partial charge in [-0.1, -0.05) is 271 Å². The monoisotopic (exact) mass is 932 g/mol. The second-order valence-corrected chi connectivity index (χ2v) is 20.5. The van der Waals surface area contributed by atoms with Crippen LogP contribution in [0.3, 0.4) is 0 Å². The molecule has 382 valence electrons. The van der Waals surface area contributed by atoms with Gasteiger partial charge in [-0.05, 0) is 12.8 Å². The molecule has 0 saturated heterocycles. The number of carboxylic acid groups (broad SMARTS) is 1. The Morgan fingerprint density at radius 3 is 1.03 bits per heavy atom. The van der Waals surface area contributed by atoms with Crippen molar-refractivity contribution < 1.29 is 42.7 Å².